The molecule has 0 saturated heterocycles. The summed E-state index contributed by atoms with van der Waals surface area (Å²) in [5.41, 5.74) is 5.38. The molecule has 0 radical (unpaired) electrons. The number of carbonyl (C=O) groups is 1. The van der Waals surface area contributed by atoms with Gasteiger partial charge in [-0.15, -0.1) is 11.3 Å². The van der Waals surface area contributed by atoms with Crippen LogP contribution in [-0.4, -0.2) is 27.1 Å². The molecule has 1 amide bonds. The van der Waals surface area contributed by atoms with Crippen molar-refractivity contribution in [3.05, 3.63) is 62.6 Å². The fourth-order valence-corrected chi connectivity index (χ4v) is 5.55. The zero-order chi connectivity index (χ0) is 22.1. The van der Waals surface area contributed by atoms with Gasteiger partial charge in [-0.25, -0.2) is 9.66 Å². The van der Waals surface area contributed by atoms with Crippen molar-refractivity contribution in [3.8, 4) is 0 Å². The molecule has 0 aliphatic heterocycles. The van der Waals surface area contributed by atoms with E-state index in [0.29, 0.717) is 23.4 Å². The van der Waals surface area contributed by atoms with Crippen molar-refractivity contribution in [2.24, 2.45) is 0 Å². The monoisotopic (exact) mass is 467 g/mol. The van der Waals surface area contributed by atoms with Crippen molar-refractivity contribution >= 4 is 55.7 Å². The van der Waals surface area contributed by atoms with Gasteiger partial charge >= 0.3 is 0 Å². The van der Waals surface area contributed by atoms with Crippen LogP contribution in [0.25, 0.3) is 21.1 Å². The number of hydrogen-bond donors (Lipinski definition) is 2. The summed E-state index contributed by atoms with van der Waals surface area (Å²) in [7, 11) is 0. The van der Waals surface area contributed by atoms with Gasteiger partial charge in [-0.05, 0) is 61.9 Å². The van der Waals surface area contributed by atoms with Crippen molar-refractivity contribution in [1.29, 1.82) is 0 Å². The lowest BCUT2D eigenvalue weighted by molar-refractivity contribution is -0.117. The van der Waals surface area contributed by atoms with Gasteiger partial charge in [0.15, 0.2) is 0 Å². The standard InChI is InChI=1S/C23H22ClN5O2S/c24-14-7-8-15-17(9-11-26-18(15)12-14)25-10-3-6-20(30)28-29-13-27-22-21(23(29)31)16-4-1-2-5-19(16)32-22/h7-9,11-13H,1-6,10H2,(H,25,26)(H,28,30). The average Bonchev–Trinajstić information content (AvgIpc) is 3.18. The van der Waals surface area contributed by atoms with Gasteiger partial charge in [-0.1, -0.05) is 11.6 Å². The van der Waals surface area contributed by atoms with Crippen molar-refractivity contribution in [2.45, 2.75) is 38.5 Å². The minimum Gasteiger partial charge on any atom is -0.384 e. The van der Waals surface area contributed by atoms with Crippen LogP contribution >= 0.6 is 22.9 Å². The number of aromatic nitrogens is 3. The molecule has 3 heterocycles. The van der Waals surface area contributed by atoms with Crippen molar-refractivity contribution in [1.82, 2.24) is 14.6 Å². The molecule has 0 unspecified atom stereocenters. The quantitative estimate of drug-likeness (QED) is 0.407. The lowest BCUT2D eigenvalue weighted by atomic mass is 9.97. The van der Waals surface area contributed by atoms with Gasteiger partial charge in [0.05, 0.1) is 10.9 Å². The van der Waals surface area contributed by atoms with Crippen LogP contribution in [0.3, 0.4) is 0 Å². The zero-order valence-electron chi connectivity index (χ0n) is 17.4. The summed E-state index contributed by atoms with van der Waals surface area (Å²) < 4.78 is 1.22. The van der Waals surface area contributed by atoms with Gasteiger partial charge in [0.25, 0.3) is 5.56 Å². The van der Waals surface area contributed by atoms with Gasteiger partial charge in [0, 0.05) is 40.1 Å². The minimum atomic E-state index is -0.217. The molecule has 0 atom stereocenters. The molecule has 3 aromatic heterocycles. The number of rotatable bonds is 6. The maximum atomic E-state index is 12.9. The molecule has 1 aliphatic rings. The molecular formula is C23H22ClN5O2S. The van der Waals surface area contributed by atoms with Crippen LogP contribution in [0.4, 0.5) is 5.69 Å². The molecule has 2 N–H and O–H groups in total. The Bertz CT molecular complexity index is 1380. The van der Waals surface area contributed by atoms with Crippen LogP contribution < -0.4 is 16.3 Å². The Labute approximate surface area is 193 Å². The summed E-state index contributed by atoms with van der Waals surface area (Å²) in [5.74, 6) is -0.217. The molecule has 5 rings (SSSR count). The molecule has 164 valence electrons. The SMILES string of the molecule is O=C(CCCNc1ccnc2cc(Cl)ccc12)Nn1cnc2sc3c(c2c1=O)CCCC3. The highest BCUT2D eigenvalue weighted by Crippen LogP contribution is 2.33. The maximum Gasteiger partial charge on any atom is 0.281 e. The van der Waals surface area contributed by atoms with E-state index in [2.05, 4.69) is 20.7 Å². The Morgan fingerprint density at radius 1 is 1.19 bits per heavy atom. The van der Waals surface area contributed by atoms with Gasteiger partial charge in [-0.2, -0.15) is 0 Å². The second kappa shape index (κ2) is 8.88. The van der Waals surface area contributed by atoms with E-state index in [4.69, 9.17) is 11.6 Å². The molecule has 1 aliphatic carbocycles. The number of fused-ring (bicyclic) bond motifs is 4. The molecule has 32 heavy (non-hydrogen) atoms. The average molecular weight is 468 g/mol. The number of nitrogens with one attached hydrogen (secondary N) is 2. The van der Waals surface area contributed by atoms with Crippen LogP contribution in [0.1, 0.15) is 36.1 Å². The van der Waals surface area contributed by atoms with E-state index in [-0.39, 0.29) is 17.9 Å². The first kappa shape index (κ1) is 20.9. The fourth-order valence-electron chi connectivity index (χ4n) is 4.16. The van der Waals surface area contributed by atoms with Crippen LogP contribution in [0.2, 0.25) is 5.02 Å². The van der Waals surface area contributed by atoms with E-state index in [1.807, 2.05) is 24.3 Å². The highest BCUT2D eigenvalue weighted by Gasteiger charge is 2.20. The Hall–Kier alpha value is -2.97. The van der Waals surface area contributed by atoms with Crippen LogP contribution in [-0.2, 0) is 17.6 Å². The number of nitrogens with zero attached hydrogens (tertiary/aromatic N) is 3. The second-order valence-corrected chi connectivity index (χ2v) is 9.42. The molecular weight excluding hydrogens is 446 g/mol. The van der Waals surface area contributed by atoms with Gasteiger partial charge in [-0.3, -0.25) is 20.0 Å². The second-order valence-electron chi connectivity index (χ2n) is 7.90. The summed E-state index contributed by atoms with van der Waals surface area (Å²) in [6.07, 6.45) is 8.20. The fraction of sp³-hybridized carbons (Fsp3) is 0.304. The summed E-state index contributed by atoms with van der Waals surface area (Å²) in [6, 6.07) is 7.48. The van der Waals surface area contributed by atoms with E-state index >= 15 is 0 Å². The van der Waals surface area contributed by atoms with Crippen molar-refractivity contribution in [3.63, 3.8) is 0 Å². The predicted molar refractivity (Wildman–Crippen MR) is 129 cm³/mol. The predicted octanol–water partition coefficient (Wildman–Crippen LogP) is 4.50. The topological polar surface area (TPSA) is 88.9 Å². The van der Waals surface area contributed by atoms with Gasteiger partial charge in [0.1, 0.15) is 11.2 Å². The number of aryl methyl sites for hydroxylation is 2. The molecule has 0 fully saturated rings. The zero-order valence-corrected chi connectivity index (χ0v) is 18.9. The number of carbonyl (C=O) groups excluding carboxylic acids is 1. The largest absolute Gasteiger partial charge is 0.384 e. The van der Waals surface area contributed by atoms with Crippen LogP contribution in [0, 0.1) is 0 Å². The van der Waals surface area contributed by atoms with Gasteiger partial charge < -0.3 is 5.32 Å². The number of halogens is 1. The minimum absolute atomic E-state index is 0.192. The summed E-state index contributed by atoms with van der Waals surface area (Å²) in [5, 5.41) is 5.64. The highest BCUT2D eigenvalue weighted by atomic mass is 35.5. The molecule has 1 aromatic carbocycles. The summed E-state index contributed by atoms with van der Waals surface area (Å²) in [4.78, 5) is 36.2. The number of amides is 1. The molecule has 7 nitrogen and oxygen atoms in total. The molecule has 0 saturated carbocycles. The number of pyridine rings is 1. The van der Waals surface area contributed by atoms with E-state index in [1.54, 1.807) is 17.5 Å². The maximum absolute atomic E-state index is 12.9. The molecule has 0 spiro atoms. The first-order valence-corrected chi connectivity index (χ1v) is 11.9. The number of anilines is 1. The summed E-state index contributed by atoms with van der Waals surface area (Å²) >= 11 is 7.64. The van der Waals surface area contributed by atoms with E-state index in [9.17, 15) is 9.59 Å². The molecule has 4 aromatic rings. The Morgan fingerprint density at radius 2 is 2.06 bits per heavy atom. The van der Waals surface area contributed by atoms with Crippen LogP contribution in [0.15, 0.2) is 41.6 Å². The summed E-state index contributed by atoms with van der Waals surface area (Å²) in [6.45, 7) is 0.610. The van der Waals surface area contributed by atoms with Crippen molar-refractivity contribution < 1.29 is 4.79 Å². The Morgan fingerprint density at radius 3 is 2.97 bits per heavy atom. The molecule has 9 heteroatoms. The van der Waals surface area contributed by atoms with E-state index < -0.39 is 0 Å². The Kier molecular flexibility index (Phi) is 5.80. The first-order valence-electron chi connectivity index (χ1n) is 10.7. The third-order valence-corrected chi connectivity index (χ3v) is 7.16. The van der Waals surface area contributed by atoms with Crippen molar-refractivity contribution in [2.75, 3.05) is 17.3 Å². The third-order valence-electron chi connectivity index (χ3n) is 5.72. The normalized spacial score (nSPS) is 13.3. The smallest absolute Gasteiger partial charge is 0.281 e. The van der Waals surface area contributed by atoms with E-state index in [1.165, 1.54) is 15.9 Å². The van der Waals surface area contributed by atoms with E-state index in [0.717, 1.165) is 52.7 Å². The number of thiophene rings is 1. The number of benzene rings is 1. The first-order chi connectivity index (χ1) is 15.6. The number of hydrogen-bond acceptors (Lipinski definition) is 6. The highest BCUT2D eigenvalue weighted by molar-refractivity contribution is 7.18. The van der Waals surface area contributed by atoms with Gasteiger partial charge in [0.2, 0.25) is 5.91 Å². The van der Waals surface area contributed by atoms with Crippen LogP contribution in [0.5, 0.6) is 0 Å². The Balaban J connectivity index is 1.21. The lowest BCUT2D eigenvalue weighted by Crippen LogP contribution is -2.33. The lowest BCUT2D eigenvalue weighted by Gasteiger charge is -2.11. The molecule has 0 bridgehead atoms. The third kappa shape index (κ3) is 4.08.